The van der Waals surface area contributed by atoms with Gasteiger partial charge in [-0.05, 0) is 55.0 Å². The molecule has 104 valence electrons. The summed E-state index contributed by atoms with van der Waals surface area (Å²) in [6.07, 6.45) is 0.183. The van der Waals surface area contributed by atoms with Gasteiger partial charge in [-0.25, -0.2) is 8.78 Å². The molecule has 0 saturated heterocycles. The van der Waals surface area contributed by atoms with Gasteiger partial charge < -0.3 is 4.74 Å². The summed E-state index contributed by atoms with van der Waals surface area (Å²) < 4.78 is 31.1. The highest BCUT2D eigenvalue weighted by Gasteiger charge is 2.07. The molecule has 0 heterocycles. The molecule has 0 N–H and O–H groups in total. The molecule has 0 aliphatic carbocycles. The molecule has 20 heavy (non-hydrogen) atoms. The molecule has 2 aromatic carbocycles. The average molecular weight is 276 g/mol. The van der Waals surface area contributed by atoms with E-state index in [1.165, 1.54) is 42.5 Å². The van der Waals surface area contributed by atoms with Crippen LogP contribution in [-0.4, -0.2) is 12.4 Å². The minimum atomic E-state index is -0.375. The van der Waals surface area contributed by atoms with Crippen LogP contribution in [0.15, 0.2) is 42.5 Å². The van der Waals surface area contributed by atoms with Crippen LogP contribution in [0.5, 0.6) is 5.75 Å². The molecule has 0 radical (unpaired) electrons. The van der Waals surface area contributed by atoms with Crippen molar-refractivity contribution in [3.8, 4) is 5.75 Å². The number of ether oxygens (including phenoxy) is 1. The zero-order valence-corrected chi connectivity index (χ0v) is 11.0. The number of halogens is 2. The van der Waals surface area contributed by atoms with Gasteiger partial charge in [-0.2, -0.15) is 0 Å². The van der Waals surface area contributed by atoms with Gasteiger partial charge in [0.15, 0.2) is 5.78 Å². The molecule has 0 aromatic heterocycles. The predicted octanol–water partition coefficient (Wildman–Crippen LogP) is 3.93. The second-order valence-electron chi connectivity index (χ2n) is 4.44. The van der Waals surface area contributed by atoms with Crippen molar-refractivity contribution in [3.05, 3.63) is 65.2 Å². The Morgan fingerprint density at radius 3 is 2.35 bits per heavy atom. The first-order chi connectivity index (χ1) is 9.56. The average Bonchev–Trinajstić information content (AvgIpc) is 2.42. The highest BCUT2D eigenvalue weighted by molar-refractivity contribution is 5.96. The molecule has 0 bridgehead atoms. The summed E-state index contributed by atoms with van der Waals surface area (Å²) in [4.78, 5) is 11.8. The van der Waals surface area contributed by atoms with E-state index >= 15 is 0 Å². The maximum Gasteiger partial charge on any atom is 0.166 e. The molecule has 0 saturated carbocycles. The number of carbonyl (C=O) groups excluding carboxylic acids is 1. The van der Waals surface area contributed by atoms with Crippen molar-refractivity contribution in [2.45, 2.75) is 13.3 Å². The standard InChI is InChI=1S/C16H14F2O2/c1-11-10-14(18)6-7-16(11)20-9-8-15(19)12-2-4-13(17)5-3-12/h2-7,10H,8-9H2,1H3. The molecule has 0 amide bonds. The van der Waals surface area contributed by atoms with Gasteiger partial charge in [-0.15, -0.1) is 0 Å². The van der Waals surface area contributed by atoms with Crippen LogP contribution in [-0.2, 0) is 0 Å². The summed E-state index contributed by atoms with van der Waals surface area (Å²) in [7, 11) is 0. The second kappa shape index (κ2) is 6.28. The minimum absolute atomic E-state index is 0.121. The van der Waals surface area contributed by atoms with Crippen molar-refractivity contribution in [2.75, 3.05) is 6.61 Å². The lowest BCUT2D eigenvalue weighted by Crippen LogP contribution is -2.07. The monoisotopic (exact) mass is 276 g/mol. The molecule has 0 atom stereocenters. The number of carbonyl (C=O) groups is 1. The van der Waals surface area contributed by atoms with E-state index in [9.17, 15) is 13.6 Å². The normalized spacial score (nSPS) is 10.3. The Morgan fingerprint density at radius 2 is 1.70 bits per heavy atom. The molecule has 4 heteroatoms. The van der Waals surface area contributed by atoms with Crippen molar-refractivity contribution in [3.63, 3.8) is 0 Å². The number of hydrogen-bond donors (Lipinski definition) is 0. The highest BCUT2D eigenvalue weighted by atomic mass is 19.1. The molecule has 0 spiro atoms. The van der Waals surface area contributed by atoms with Gasteiger partial charge in [-0.1, -0.05) is 0 Å². The lowest BCUT2D eigenvalue weighted by molar-refractivity contribution is 0.0962. The number of aryl methyl sites for hydroxylation is 1. The van der Waals surface area contributed by atoms with Gasteiger partial charge in [0.1, 0.15) is 17.4 Å². The summed E-state index contributed by atoms with van der Waals surface area (Å²) in [5.41, 5.74) is 1.13. The highest BCUT2D eigenvalue weighted by Crippen LogP contribution is 2.18. The van der Waals surface area contributed by atoms with E-state index < -0.39 is 0 Å². The van der Waals surface area contributed by atoms with E-state index in [4.69, 9.17) is 4.74 Å². The Balaban J connectivity index is 1.89. The van der Waals surface area contributed by atoms with Crippen LogP contribution in [0, 0.1) is 18.6 Å². The molecule has 2 rings (SSSR count). The fourth-order valence-corrected chi connectivity index (χ4v) is 1.81. The zero-order chi connectivity index (χ0) is 14.5. The summed E-state index contributed by atoms with van der Waals surface area (Å²) in [6, 6.07) is 9.60. The maximum absolute atomic E-state index is 12.9. The number of hydrogen-bond acceptors (Lipinski definition) is 2. The van der Waals surface area contributed by atoms with Crippen LogP contribution in [0.1, 0.15) is 22.3 Å². The molecule has 0 aliphatic rings. The fourth-order valence-electron chi connectivity index (χ4n) is 1.81. The van der Waals surface area contributed by atoms with Gasteiger partial charge >= 0.3 is 0 Å². The topological polar surface area (TPSA) is 26.3 Å². The van der Waals surface area contributed by atoms with Crippen LogP contribution in [0.2, 0.25) is 0 Å². The lowest BCUT2D eigenvalue weighted by Gasteiger charge is -2.08. The largest absolute Gasteiger partial charge is 0.493 e. The van der Waals surface area contributed by atoms with Gasteiger partial charge in [0.05, 0.1) is 6.61 Å². The quantitative estimate of drug-likeness (QED) is 0.773. The summed E-state index contributed by atoms with van der Waals surface area (Å²) >= 11 is 0. The molecular formula is C16H14F2O2. The molecule has 2 aromatic rings. The lowest BCUT2D eigenvalue weighted by atomic mass is 10.1. The van der Waals surface area contributed by atoms with Crippen LogP contribution in [0.3, 0.4) is 0 Å². The smallest absolute Gasteiger partial charge is 0.166 e. The molecule has 0 aliphatic heterocycles. The molecule has 2 nitrogen and oxygen atoms in total. The maximum atomic E-state index is 12.9. The Morgan fingerprint density at radius 1 is 1.05 bits per heavy atom. The Kier molecular flexibility index (Phi) is 4.45. The first kappa shape index (κ1) is 14.2. The van der Waals surface area contributed by atoms with Crippen molar-refractivity contribution in [2.24, 2.45) is 0 Å². The number of Topliss-reactive ketones (excluding diaryl/α,β-unsaturated/α-hetero) is 1. The van der Waals surface area contributed by atoms with Crippen molar-refractivity contribution in [1.29, 1.82) is 0 Å². The van der Waals surface area contributed by atoms with E-state index in [1.54, 1.807) is 6.92 Å². The Bertz CT molecular complexity index is 606. The van der Waals surface area contributed by atoms with E-state index in [0.29, 0.717) is 16.9 Å². The summed E-state index contributed by atoms with van der Waals surface area (Å²) in [6.45, 7) is 1.93. The number of ketones is 1. The molecule has 0 unspecified atom stereocenters. The number of benzene rings is 2. The van der Waals surface area contributed by atoms with E-state index in [2.05, 4.69) is 0 Å². The van der Waals surface area contributed by atoms with Crippen LogP contribution in [0.4, 0.5) is 8.78 Å². The summed E-state index contributed by atoms with van der Waals surface area (Å²) in [5.74, 6) is -0.264. The van der Waals surface area contributed by atoms with Crippen molar-refractivity contribution in [1.82, 2.24) is 0 Å². The first-order valence-corrected chi connectivity index (χ1v) is 6.24. The first-order valence-electron chi connectivity index (χ1n) is 6.24. The zero-order valence-electron chi connectivity index (χ0n) is 11.0. The third-order valence-electron chi connectivity index (χ3n) is 2.89. The van der Waals surface area contributed by atoms with Crippen molar-refractivity contribution < 1.29 is 18.3 Å². The Hall–Kier alpha value is -2.23. The van der Waals surface area contributed by atoms with Crippen molar-refractivity contribution >= 4 is 5.78 Å². The van der Waals surface area contributed by atoms with Crippen LogP contribution < -0.4 is 4.74 Å². The second-order valence-corrected chi connectivity index (χ2v) is 4.44. The molecule has 0 fully saturated rings. The predicted molar refractivity (Wildman–Crippen MR) is 72.0 cm³/mol. The van der Waals surface area contributed by atoms with Gasteiger partial charge in [0.2, 0.25) is 0 Å². The molecular weight excluding hydrogens is 262 g/mol. The fraction of sp³-hybridized carbons (Fsp3) is 0.188. The SMILES string of the molecule is Cc1cc(F)ccc1OCCC(=O)c1ccc(F)cc1. The van der Waals surface area contributed by atoms with Crippen LogP contribution in [0.25, 0.3) is 0 Å². The van der Waals surface area contributed by atoms with Gasteiger partial charge in [0, 0.05) is 12.0 Å². The van der Waals surface area contributed by atoms with Gasteiger partial charge in [0.25, 0.3) is 0 Å². The Labute approximate surface area is 116 Å². The number of rotatable bonds is 5. The third kappa shape index (κ3) is 3.63. The third-order valence-corrected chi connectivity index (χ3v) is 2.89. The minimum Gasteiger partial charge on any atom is -0.493 e. The van der Waals surface area contributed by atoms with E-state index in [0.717, 1.165) is 0 Å². The van der Waals surface area contributed by atoms with Crippen LogP contribution >= 0.6 is 0 Å². The van der Waals surface area contributed by atoms with E-state index in [1.807, 2.05) is 0 Å². The summed E-state index contributed by atoms with van der Waals surface area (Å²) in [5, 5.41) is 0. The van der Waals surface area contributed by atoms with E-state index in [-0.39, 0.29) is 30.4 Å². The van der Waals surface area contributed by atoms with Gasteiger partial charge in [-0.3, -0.25) is 4.79 Å².